The van der Waals surface area contributed by atoms with E-state index in [0.29, 0.717) is 6.42 Å². The zero-order valence-electron chi connectivity index (χ0n) is 11.9. The minimum absolute atomic E-state index is 0.153. The van der Waals surface area contributed by atoms with Gasteiger partial charge in [-0.1, -0.05) is 13.8 Å². The third-order valence-electron chi connectivity index (χ3n) is 2.47. The maximum Gasteiger partial charge on any atom is 0.243 e. The number of primary amides is 2. The number of nitrogens with two attached hydrogens (primary N) is 2. The molecule has 0 rings (SSSR count). The third kappa shape index (κ3) is 7.34. The Balaban J connectivity index is 4.81. The van der Waals surface area contributed by atoms with Crippen molar-refractivity contribution < 1.29 is 19.2 Å². The van der Waals surface area contributed by atoms with E-state index >= 15 is 0 Å². The molecule has 2 atom stereocenters. The largest absolute Gasteiger partial charge is 0.370 e. The van der Waals surface area contributed by atoms with Crippen LogP contribution in [0.5, 0.6) is 0 Å². The number of nitrogens with one attached hydrogen (secondary N) is 2. The summed E-state index contributed by atoms with van der Waals surface area (Å²) in [5.41, 5.74) is 10.1. The maximum absolute atomic E-state index is 12.0. The first kappa shape index (κ1) is 17.9. The summed E-state index contributed by atoms with van der Waals surface area (Å²) in [4.78, 5) is 45.1. The zero-order valence-corrected chi connectivity index (χ0v) is 11.9. The fourth-order valence-corrected chi connectivity index (χ4v) is 1.64. The van der Waals surface area contributed by atoms with Gasteiger partial charge in [0, 0.05) is 6.92 Å². The van der Waals surface area contributed by atoms with Crippen LogP contribution in [0.1, 0.15) is 33.6 Å². The van der Waals surface area contributed by atoms with Crippen molar-refractivity contribution in [3.8, 4) is 0 Å². The zero-order chi connectivity index (χ0) is 15.9. The predicted molar refractivity (Wildman–Crippen MR) is 72.0 cm³/mol. The summed E-state index contributed by atoms with van der Waals surface area (Å²) in [7, 11) is 0. The molecule has 0 spiro atoms. The molecule has 20 heavy (non-hydrogen) atoms. The van der Waals surface area contributed by atoms with E-state index in [4.69, 9.17) is 11.5 Å². The van der Waals surface area contributed by atoms with Crippen LogP contribution in [0, 0.1) is 5.92 Å². The summed E-state index contributed by atoms with van der Waals surface area (Å²) in [6.45, 7) is 5.06. The van der Waals surface area contributed by atoms with Crippen LogP contribution in [0.2, 0.25) is 0 Å². The van der Waals surface area contributed by atoms with E-state index < -0.39 is 29.8 Å². The van der Waals surface area contributed by atoms with Gasteiger partial charge in [0.05, 0.1) is 6.42 Å². The first-order valence-electron chi connectivity index (χ1n) is 6.28. The van der Waals surface area contributed by atoms with Gasteiger partial charge in [-0.05, 0) is 12.3 Å². The number of hydrogen-bond donors (Lipinski definition) is 4. The molecule has 0 saturated carbocycles. The first-order chi connectivity index (χ1) is 9.13. The summed E-state index contributed by atoms with van der Waals surface area (Å²) < 4.78 is 0. The fraction of sp³-hybridized carbons (Fsp3) is 0.667. The molecule has 0 radical (unpaired) electrons. The Kier molecular flexibility index (Phi) is 7.27. The Labute approximate surface area is 117 Å². The smallest absolute Gasteiger partial charge is 0.243 e. The highest BCUT2D eigenvalue weighted by Crippen LogP contribution is 2.06. The molecular formula is C12H22N4O4. The van der Waals surface area contributed by atoms with Crippen molar-refractivity contribution in [1.29, 1.82) is 0 Å². The van der Waals surface area contributed by atoms with Crippen molar-refractivity contribution >= 4 is 23.6 Å². The van der Waals surface area contributed by atoms with Crippen LogP contribution in [-0.4, -0.2) is 35.7 Å². The van der Waals surface area contributed by atoms with Crippen molar-refractivity contribution in [2.75, 3.05) is 0 Å². The van der Waals surface area contributed by atoms with Crippen LogP contribution in [-0.2, 0) is 19.2 Å². The lowest BCUT2D eigenvalue weighted by molar-refractivity contribution is -0.132. The third-order valence-corrected chi connectivity index (χ3v) is 2.47. The molecule has 8 heteroatoms. The molecule has 114 valence electrons. The second-order valence-corrected chi connectivity index (χ2v) is 5.02. The van der Waals surface area contributed by atoms with Crippen molar-refractivity contribution in [2.24, 2.45) is 17.4 Å². The number of rotatable bonds is 8. The van der Waals surface area contributed by atoms with Crippen molar-refractivity contribution in [1.82, 2.24) is 10.6 Å². The van der Waals surface area contributed by atoms with Crippen molar-refractivity contribution in [2.45, 2.75) is 45.7 Å². The summed E-state index contributed by atoms with van der Waals surface area (Å²) in [5, 5.41) is 4.82. The van der Waals surface area contributed by atoms with Crippen LogP contribution in [0.15, 0.2) is 0 Å². The molecule has 0 aromatic carbocycles. The Morgan fingerprint density at radius 1 is 1.00 bits per heavy atom. The average Bonchev–Trinajstić information content (AvgIpc) is 2.24. The second-order valence-electron chi connectivity index (χ2n) is 5.02. The molecule has 0 aliphatic carbocycles. The lowest BCUT2D eigenvalue weighted by Crippen LogP contribution is -2.53. The normalized spacial score (nSPS) is 13.4. The molecule has 0 saturated heterocycles. The molecule has 0 bridgehead atoms. The fourth-order valence-electron chi connectivity index (χ4n) is 1.64. The quantitative estimate of drug-likeness (QED) is 0.425. The Morgan fingerprint density at radius 2 is 1.55 bits per heavy atom. The molecule has 6 N–H and O–H groups in total. The van der Waals surface area contributed by atoms with Gasteiger partial charge in [-0.25, -0.2) is 0 Å². The summed E-state index contributed by atoms with van der Waals surface area (Å²) in [5.74, 6) is -2.40. The molecule has 4 amide bonds. The van der Waals surface area contributed by atoms with Crippen LogP contribution >= 0.6 is 0 Å². The van der Waals surface area contributed by atoms with Gasteiger partial charge in [0.15, 0.2) is 0 Å². The van der Waals surface area contributed by atoms with Gasteiger partial charge in [-0.3, -0.25) is 19.2 Å². The number of amides is 4. The van der Waals surface area contributed by atoms with Gasteiger partial charge in [0.1, 0.15) is 12.1 Å². The molecule has 0 aromatic heterocycles. The highest BCUT2D eigenvalue weighted by Gasteiger charge is 2.26. The van der Waals surface area contributed by atoms with E-state index in [1.54, 1.807) is 0 Å². The summed E-state index contributed by atoms with van der Waals surface area (Å²) in [6, 6.07) is -1.97. The molecule has 0 aliphatic heterocycles. The van der Waals surface area contributed by atoms with Gasteiger partial charge in [0.25, 0.3) is 0 Å². The minimum atomic E-state index is -1.18. The number of hydrogen-bond acceptors (Lipinski definition) is 4. The molecule has 2 unspecified atom stereocenters. The van der Waals surface area contributed by atoms with Crippen LogP contribution < -0.4 is 22.1 Å². The summed E-state index contributed by atoms with van der Waals surface area (Å²) >= 11 is 0. The Bertz CT molecular complexity index is 395. The molecular weight excluding hydrogens is 264 g/mol. The maximum atomic E-state index is 12.0. The number of carbonyl (C=O) groups is 4. The van der Waals surface area contributed by atoms with Gasteiger partial charge >= 0.3 is 0 Å². The average molecular weight is 286 g/mol. The lowest BCUT2D eigenvalue weighted by Gasteiger charge is -2.22. The summed E-state index contributed by atoms with van der Waals surface area (Å²) in [6.07, 6.45) is 0.0169. The van der Waals surface area contributed by atoms with Crippen molar-refractivity contribution in [3.63, 3.8) is 0 Å². The number of carbonyl (C=O) groups excluding carboxylic acids is 4. The van der Waals surface area contributed by atoms with E-state index in [2.05, 4.69) is 10.6 Å². The SMILES string of the molecule is CC(=O)NC(CC(C)C)C(=O)NC(CC(N)=O)C(N)=O. The van der Waals surface area contributed by atoms with E-state index in [1.165, 1.54) is 6.92 Å². The van der Waals surface area contributed by atoms with Crippen LogP contribution in [0.25, 0.3) is 0 Å². The van der Waals surface area contributed by atoms with Crippen LogP contribution in [0.4, 0.5) is 0 Å². The van der Waals surface area contributed by atoms with Crippen molar-refractivity contribution in [3.05, 3.63) is 0 Å². The molecule has 0 fully saturated rings. The predicted octanol–water partition coefficient (Wildman–Crippen LogP) is -1.62. The topological polar surface area (TPSA) is 144 Å². The highest BCUT2D eigenvalue weighted by molar-refractivity contribution is 5.93. The Hall–Kier alpha value is -2.12. The Morgan fingerprint density at radius 3 is 1.90 bits per heavy atom. The van der Waals surface area contributed by atoms with Gasteiger partial charge in [0.2, 0.25) is 23.6 Å². The highest BCUT2D eigenvalue weighted by atomic mass is 16.2. The van der Waals surface area contributed by atoms with Gasteiger partial charge in [-0.2, -0.15) is 0 Å². The molecule has 8 nitrogen and oxygen atoms in total. The van der Waals surface area contributed by atoms with E-state index in [-0.39, 0.29) is 18.2 Å². The van der Waals surface area contributed by atoms with E-state index in [0.717, 1.165) is 0 Å². The van der Waals surface area contributed by atoms with E-state index in [1.807, 2.05) is 13.8 Å². The monoisotopic (exact) mass is 286 g/mol. The second kappa shape index (κ2) is 8.13. The minimum Gasteiger partial charge on any atom is -0.370 e. The van der Waals surface area contributed by atoms with Gasteiger partial charge < -0.3 is 22.1 Å². The standard InChI is InChI=1S/C12H22N4O4/c1-6(2)4-9(15-7(3)17)12(20)16-8(11(14)19)5-10(13)18/h6,8-9H,4-5H2,1-3H3,(H2,13,18)(H2,14,19)(H,15,17)(H,16,20). The lowest BCUT2D eigenvalue weighted by atomic mass is 10.0. The van der Waals surface area contributed by atoms with Crippen LogP contribution in [0.3, 0.4) is 0 Å². The van der Waals surface area contributed by atoms with Gasteiger partial charge in [-0.15, -0.1) is 0 Å². The van der Waals surface area contributed by atoms with E-state index in [9.17, 15) is 19.2 Å². The molecule has 0 aromatic rings. The first-order valence-corrected chi connectivity index (χ1v) is 6.28. The molecule has 0 aliphatic rings. The molecule has 0 heterocycles.